The number of hydrogen-bond donors (Lipinski definition) is 0. The summed E-state index contributed by atoms with van der Waals surface area (Å²) in [5.74, 6) is -3.14. The number of benzene rings is 2. The Morgan fingerprint density at radius 2 is 1.85 bits per heavy atom. The molecule has 10 heteroatoms. The summed E-state index contributed by atoms with van der Waals surface area (Å²) >= 11 is 0. The Kier molecular flexibility index (Phi) is 7.59. The topological polar surface area (TPSA) is 84.2 Å². The van der Waals surface area contributed by atoms with Crippen molar-refractivity contribution in [2.24, 2.45) is 0 Å². The van der Waals surface area contributed by atoms with Crippen LogP contribution in [0.25, 0.3) is 11.0 Å². The zero-order valence-electron chi connectivity index (χ0n) is 17.9. The van der Waals surface area contributed by atoms with Gasteiger partial charge >= 0.3 is 12.1 Å². The van der Waals surface area contributed by atoms with Gasteiger partial charge in [-0.15, -0.1) is 0 Å². The lowest BCUT2D eigenvalue weighted by Gasteiger charge is -2.14. The number of carbonyl (C=O) groups is 1. The van der Waals surface area contributed by atoms with Crippen molar-refractivity contribution in [1.82, 2.24) is 0 Å². The molecular weight excluding hydrogens is 445 g/mol. The summed E-state index contributed by atoms with van der Waals surface area (Å²) in [6.07, 6.45) is -4.99. The highest BCUT2D eigenvalue weighted by atomic mass is 19.4. The van der Waals surface area contributed by atoms with Crippen LogP contribution in [-0.4, -0.2) is 32.4 Å². The number of halogens is 3. The van der Waals surface area contributed by atoms with Gasteiger partial charge in [0.2, 0.25) is 11.2 Å². The number of carbonyl (C=O) groups excluding carboxylic acids is 1. The molecule has 33 heavy (non-hydrogen) atoms. The molecule has 0 amide bonds. The van der Waals surface area contributed by atoms with Gasteiger partial charge in [-0.25, -0.2) is 4.79 Å². The van der Waals surface area contributed by atoms with E-state index in [9.17, 15) is 22.8 Å². The summed E-state index contributed by atoms with van der Waals surface area (Å²) in [5, 5.41) is -0.141. The maximum absolute atomic E-state index is 13.7. The third kappa shape index (κ3) is 6.26. The first-order valence-corrected chi connectivity index (χ1v) is 9.97. The molecule has 0 aliphatic rings. The zero-order valence-corrected chi connectivity index (χ0v) is 17.9. The Balaban J connectivity index is 1.87. The van der Waals surface area contributed by atoms with Crippen LogP contribution in [0, 0.1) is 6.92 Å². The van der Waals surface area contributed by atoms with Crippen LogP contribution >= 0.6 is 0 Å². The number of hydrogen-bond acceptors (Lipinski definition) is 7. The molecule has 0 aliphatic carbocycles. The smallest absolute Gasteiger partial charge is 0.453 e. The van der Waals surface area contributed by atoms with Crippen molar-refractivity contribution >= 4 is 16.9 Å². The fourth-order valence-corrected chi connectivity index (χ4v) is 2.86. The number of alkyl halides is 3. The van der Waals surface area contributed by atoms with E-state index < -0.39 is 35.7 Å². The summed E-state index contributed by atoms with van der Waals surface area (Å²) in [4.78, 5) is 24.5. The Labute approximate surface area is 186 Å². The van der Waals surface area contributed by atoms with Crippen LogP contribution in [0.15, 0.2) is 51.7 Å². The van der Waals surface area contributed by atoms with E-state index in [2.05, 4.69) is 0 Å². The predicted molar refractivity (Wildman–Crippen MR) is 112 cm³/mol. The second-order valence-corrected chi connectivity index (χ2v) is 6.87. The molecule has 0 saturated heterocycles. The minimum atomic E-state index is -4.99. The molecule has 7 nitrogen and oxygen atoms in total. The molecule has 0 bridgehead atoms. The van der Waals surface area contributed by atoms with Gasteiger partial charge in [0.25, 0.3) is 5.76 Å². The van der Waals surface area contributed by atoms with E-state index in [1.807, 2.05) is 0 Å². The largest absolute Gasteiger partial charge is 0.482 e. The molecule has 2 aromatic carbocycles. The van der Waals surface area contributed by atoms with Crippen molar-refractivity contribution in [1.29, 1.82) is 0 Å². The Hall–Kier alpha value is -3.53. The highest BCUT2D eigenvalue weighted by Gasteiger charge is 2.40. The van der Waals surface area contributed by atoms with Gasteiger partial charge in [-0.05, 0) is 43.7 Å². The first-order chi connectivity index (χ1) is 15.7. The third-order valence-electron chi connectivity index (χ3n) is 4.34. The van der Waals surface area contributed by atoms with Crippen LogP contribution in [0.5, 0.6) is 17.2 Å². The second kappa shape index (κ2) is 10.4. The van der Waals surface area contributed by atoms with Gasteiger partial charge in [0, 0.05) is 12.7 Å². The molecule has 0 atom stereocenters. The van der Waals surface area contributed by atoms with Crippen molar-refractivity contribution in [3.05, 3.63) is 64.0 Å². The maximum Gasteiger partial charge on any atom is 0.453 e. The molecular formula is C23H21F3O7. The highest BCUT2D eigenvalue weighted by Crippen LogP contribution is 2.38. The Morgan fingerprint density at radius 3 is 2.55 bits per heavy atom. The molecule has 176 valence electrons. The number of fused-ring (bicyclic) bond motifs is 1. The molecule has 0 saturated carbocycles. The predicted octanol–water partition coefficient (Wildman–Crippen LogP) is 4.87. The molecule has 0 radical (unpaired) electrons. The van der Waals surface area contributed by atoms with Crippen LogP contribution in [0.2, 0.25) is 0 Å². The molecule has 3 aromatic rings. The lowest BCUT2D eigenvalue weighted by atomic mass is 10.2. The lowest BCUT2D eigenvalue weighted by molar-refractivity contribution is -0.154. The number of ether oxygens (including phenoxy) is 4. The molecule has 1 heterocycles. The minimum absolute atomic E-state index is 0.0212. The van der Waals surface area contributed by atoms with Crippen molar-refractivity contribution < 1.29 is 41.3 Å². The molecule has 0 N–H and O–H groups in total. The van der Waals surface area contributed by atoms with Gasteiger partial charge in [-0.2, -0.15) is 13.2 Å². The van der Waals surface area contributed by atoms with Crippen LogP contribution in [0.4, 0.5) is 13.2 Å². The molecule has 3 rings (SSSR count). The maximum atomic E-state index is 13.7. The standard InChI is InChI=1S/C23H21F3O7/c1-3-29-9-10-30-19(27)13-31-15-7-8-17-18(12-15)33-22(23(24,25)26)21(20(17)28)32-16-6-4-5-14(2)11-16/h4-8,11-12H,3,9-10,13H2,1-2H3. The van der Waals surface area contributed by atoms with Crippen molar-refractivity contribution in [3.8, 4) is 17.2 Å². The zero-order chi connectivity index (χ0) is 24.0. The van der Waals surface area contributed by atoms with Gasteiger partial charge in [0.15, 0.2) is 6.61 Å². The van der Waals surface area contributed by atoms with Gasteiger partial charge in [-0.3, -0.25) is 4.79 Å². The van der Waals surface area contributed by atoms with E-state index in [0.29, 0.717) is 6.61 Å². The quantitative estimate of drug-likeness (QED) is 0.329. The molecule has 0 aliphatic heterocycles. The first-order valence-electron chi connectivity index (χ1n) is 9.97. The van der Waals surface area contributed by atoms with Gasteiger partial charge in [0.05, 0.1) is 12.0 Å². The van der Waals surface area contributed by atoms with E-state index in [4.69, 9.17) is 23.4 Å². The van der Waals surface area contributed by atoms with Gasteiger partial charge < -0.3 is 23.4 Å². The van der Waals surface area contributed by atoms with Crippen molar-refractivity contribution in [2.45, 2.75) is 20.0 Å². The van der Waals surface area contributed by atoms with Crippen molar-refractivity contribution in [2.75, 3.05) is 26.4 Å². The fourth-order valence-electron chi connectivity index (χ4n) is 2.86. The van der Waals surface area contributed by atoms with E-state index in [1.165, 1.54) is 24.3 Å². The number of rotatable bonds is 9. The lowest BCUT2D eigenvalue weighted by Crippen LogP contribution is -2.18. The summed E-state index contributed by atoms with van der Waals surface area (Å²) < 4.78 is 66.4. The van der Waals surface area contributed by atoms with Gasteiger partial charge in [0.1, 0.15) is 23.7 Å². The summed E-state index contributed by atoms with van der Waals surface area (Å²) in [6, 6.07) is 9.91. The average molecular weight is 466 g/mol. The summed E-state index contributed by atoms with van der Waals surface area (Å²) in [6.45, 7) is 3.80. The van der Waals surface area contributed by atoms with E-state index >= 15 is 0 Å². The van der Waals surface area contributed by atoms with Gasteiger partial charge in [-0.1, -0.05) is 12.1 Å². The van der Waals surface area contributed by atoms with Crippen LogP contribution in [0.1, 0.15) is 18.2 Å². The van der Waals surface area contributed by atoms with Crippen LogP contribution in [-0.2, 0) is 20.4 Å². The second-order valence-electron chi connectivity index (χ2n) is 6.87. The number of aryl methyl sites for hydroxylation is 1. The Morgan fingerprint density at radius 1 is 1.06 bits per heavy atom. The van der Waals surface area contributed by atoms with Crippen molar-refractivity contribution in [3.63, 3.8) is 0 Å². The number of esters is 1. The SMILES string of the molecule is CCOCCOC(=O)COc1ccc2c(=O)c(Oc3cccc(C)c3)c(C(F)(F)F)oc2c1. The highest BCUT2D eigenvalue weighted by molar-refractivity contribution is 5.80. The average Bonchev–Trinajstić information content (AvgIpc) is 2.76. The van der Waals surface area contributed by atoms with E-state index in [-0.39, 0.29) is 35.7 Å². The summed E-state index contributed by atoms with van der Waals surface area (Å²) in [5.41, 5.74) is -0.623. The third-order valence-corrected chi connectivity index (χ3v) is 4.34. The normalized spacial score (nSPS) is 11.4. The molecule has 1 aromatic heterocycles. The summed E-state index contributed by atoms with van der Waals surface area (Å²) in [7, 11) is 0. The molecule has 0 spiro atoms. The van der Waals surface area contributed by atoms with E-state index in [1.54, 1.807) is 26.0 Å². The fraction of sp³-hybridized carbons (Fsp3) is 0.304. The van der Waals surface area contributed by atoms with Crippen LogP contribution in [0.3, 0.4) is 0 Å². The minimum Gasteiger partial charge on any atom is -0.482 e. The monoisotopic (exact) mass is 466 g/mol. The Bertz CT molecular complexity index is 1180. The molecule has 0 fully saturated rings. The first kappa shape index (κ1) is 24.1. The van der Waals surface area contributed by atoms with E-state index in [0.717, 1.165) is 11.6 Å². The van der Waals surface area contributed by atoms with Crippen LogP contribution < -0.4 is 14.9 Å². The molecule has 0 unspecified atom stereocenters.